The first-order valence-electron chi connectivity index (χ1n) is 5.87. The van der Waals surface area contributed by atoms with Crippen LogP contribution in [0.1, 0.15) is 6.92 Å². The number of hydrogen-bond donors (Lipinski definition) is 2. The number of anilines is 1. The van der Waals surface area contributed by atoms with Crippen molar-refractivity contribution >= 4 is 44.4 Å². The molecule has 0 amide bonds. The molecule has 0 radical (unpaired) electrons. The Morgan fingerprint density at radius 3 is 2.95 bits per heavy atom. The maximum atomic E-state index is 10.2. The van der Waals surface area contributed by atoms with E-state index in [0.29, 0.717) is 12.3 Å². The summed E-state index contributed by atoms with van der Waals surface area (Å²) in [4.78, 5) is 8.48. The lowest BCUT2D eigenvalue weighted by Crippen LogP contribution is -2.36. The van der Waals surface area contributed by atoms with Crippen molar-refractivity contribution in [3.05, 3.63) is 29.0 Å². The highest BCUT2D eigenvalue weighted by Gasteiger charge is 2.19. The molecule has 1 aromatic carbocycles. The molecule has 0 aliphatic carbocycles. The van der Waals surface area contributed by atoms with Crippen molar-refractivity contribution in [3.8, 4) is 0 Å². The summed E-state index contributed by atoms with van der Waals surface area (Å²) in [6, 6.07) is 5.86. The molecule has 4 nitrogen and oxygen atoms in total. The highest BCUT2D eigenvalue weighted by molar-refractivity contribution is 9.10. The minimum Gasteiger partial charge on any atom is -0.387 e. The molecule has 19 heavy (non-hydrogen) atoms. The predicted octanol–water partition coefficient (Wildman–Crippen LogP) is 2.92. The van der Waals surface area contributed by atoms with Crippen LogP contribution in [-0.2, 0) is 0 Å². The van der Waals surface area contributed by atoms with Gasteiger partial charge in [0, 0.05) is 22.2 Å². The summed E-state index contributed by atoms with van der Waals surface area (Å²) in [7, 11) is 0. The van der Waals surface area contributed by atoms with Gasteiger partial charge in [-0.25, -0.2) is 9.97 Å². The molecular weight excluding hydrogens is 326 g/mol. The third-order valence-electron chi connectivity index (χ3n) is 2.69. The third-order valence-corrected chi connectivity index (χ3v) is 4.09. The van der Waals surface area contributed by atoms with Crippen LogP contribution in [0.25, 0.3) is 10.9 Å². The van der Waals surface area contributed by atoms with E-state index in [2.05, 4.69) is 31.2 Å². The Morgan fingerprint density at radius 1 is 1.42 bits per heavy atom. The van der Waals surface area contributed by atoms with Crippen molar-refractivity contribution in [2.24, 2.45) is 0 Å². The average molecular weight is 342 g/mol. The summed E-state index contributed by atoms with van der Waals surface area (Å²) in [6.45, 7) is 2.27. The van der Waals surface area contributed by atoms with Crippen molar-refractivity contribution in [2.45, 2.75) is 12.5 Å². The molecule has 0 saturated heterocycles. The van der Waals surface area contributed by atoms with Gasteiger partial charge in [-0.3, -0.25) is 0 Å². The molecule has 2 aromatic rings. The number of aliphatic hydroxyl groups is 1. The fourth-order valence-corrected chi connectivity index (χ4v) is 2.89. The highest BCUT2D eigenvalue weighted by atomic mass is 79.9. The van der Waals surface area contributed by atoms with E-state index in [9.17, 15) is 5.11 Å². The molecule has 0 spiro atoms. The van der Waals surface area contributed by atoms with Gasteiger partial charge in [-0.1, -0.05) is 15.9 Å². The van der Waals surface area contributed by atoms with Gasteiger partial charge in [0.15, 0.2) is 0 Å². The molecule has 0 fully saturated rings. The van der Waals surface area contributed by atoms with Crippen LogP contribution in [0.5, 0.6) is 0 Å². The van der Waals surface area contributed by atoms with Gasteiger partial charge in [0.1, 0.15) is 12.1 Å². The molecule has 2 N–H and O–H groups in total. The standard InChI is InChI=1S/C13H16BrN3OS/c1-13(18,7-19-2)6-15-12-10-5-9(14)3-4-11(10)16-8-17-12/h3-5,8,18H,6-7H2,1-2H3,(H,15,16,17). The number of rotatable bonds is 5. The van der Waals surface area contributed by atoms with Gasteiger partial charge in [0.2, 0.25) is 0 Å². The first-order valence-corrected chi connectivity index (χ1v) is 8.06. The Morgan fingerprint density at radius 2 is 2.21 bits per heavy atom. The Balaban J connectivity index is 2.23. The molecule has 1 aromatic heterocycles. The largest absolute Gasteiger partial charge is 0.387 e. The fourth-order valence-electron chi connectivity index (χ4n) is 1.81. The molecule has 0 aliphatic rings. The Bertz CT molecular complexity index is 577. The van der Waals surface area contributed by atoms with Crippen molar-refractivity contribution < 1.29 is 5.11 Å². The molecule has 6 heteroatoms. The van der Waals surface area contributed by atoms with Crippen molar-refractivity contribution in [3.63, 3.8) is 0 Å². The van der Waals surface area contributed by atoms with Crippen LogP contribution in [0, 0.1) is 0 Å². The second kappa shape index (κ2) is 6.07. The Kier molecular flexibility index (Phi) is 4.65. The molecule has 0 saturated carbocycles. The third kappa shape index (κ3) is 3.81. The summed E-state index contributed by atoms with van der Waals surface area (Å²) in [5, 5.41) is 14.3. The summed E-state index contributed by atoms with van der Waals surface area (Å²) in [5.74, 6) is 1.42. The van der Waals surface area contributed by atoms with E-state index in [4.69, 9.17) is 0 Å². The Labute approximate surface area is 125 Å². The lowest BCUT2D eigenvalue weighted by molar-refractivity contribution is 0.0996. The van der Waals surface area contributed by atoms with Crippen molar-refractivity contribution in [2.75, 3.05) is 23.9 Å². The lowest BCUT2D eigenvalue weighted by Gasteiger charge is -2.23. The van der Waals surface area contributed by atoms with E-state index in [1.165, 1.54) is 6.33 Å². The number of nitrogens with one attached hydrogen (secondary N) is 1. The number of hydrogen-bond acceptors (Lipinski definition) is 5. The van der Waals surface area contributed by atoms with Gasteiger partial charge in [0.05, 0.1) is 11.1 Å². The maximum Gasteiger partial charge on any atom is 0.137 e. The van der Waals surface area contributed by atoms with Crippen LogP contribution in [0.3, 0.4) is 0 Å². The quantitative estimate of drug-likeness (QED) is 0.875. The molecule has 1 unspecified atom stereocenters. The molecule has 0 bridgehead atoms. The smallest absolute Gasteiger partial charge is 0.137 e. The monoisotopic (exact) mass is 341 g/mol. The molecule has 1 atom stereocenters. The van der Waals surface area contributed by atoms with E-state index >= 15 is 0 Å². The summed E-state index contributed by atoms with van der Waals surface area (Å²) >= 11 is 5.07. The number of halogens is 1. The highest BCUT2D eigenvalue weighted by Crippen LogP contribution is 2.24. The van der Waals surface area contributed by atoms with Crippen LogP contribution in [-0.4, -0.2) is 39.2 Å². The van der Waals surface area contributed by atoms with Gasteiger partial charge in [-0.15, -0.1) is 0 Å². The van der Waals surface area contributed by atoms with Crippen molar-refractivity contribution in [1.29, 1.82) is 0 Å². The number of benzene rings is 1. The van der Waals surface area contributed by atoms with E-state index < -0.39 is 5.60 Å². The molecule has 102 valence electrons. The predicted molar refractivity (Wildman–Crippen MR) is 84.7 cm³/mol. The minimum absolute atomic E-state index is 0.451. The minimum atomic E-state index is -0.761. The van der Waals surface area contributed by atoms with Gasteiger partial charge in [0.25, 0.3) is 0 Å². The molecule has 2 rings (SSSR count). The Hall–Kier alpha value is -0.850. The van der Waals surface area contributed by atoms with Crippen molar-refractivity contribution in [1.82, 2.24) is 9.97 Å². The van der Waals surface area contributed by atoms with E-state index in [1.54, 1.807) is 11.8 Å². The number of fused-ring (bicyclic) bond motifs is 1. The second-order valence-corrected chi connectivity index (χ2v) is 6.45. The topological polar surface area (TPSA) is 58.0 Å². The van der Waals surface area contributed by atoms with E-state index in [1.807, 2.05) is 31.4 Å². The van der Waals surface area contributed by atoms with Gasteiger partial charge in [-0.2, -0.15) is 11.8 Å². The summed E-state index contributed by atoms with van der Waals surface area (Å²) in [5.41, 5.74) is 0.119. The number of thioether (sulfide) groups is 1. The van der Waals surface area contributed by atoms with E-state index in [0.717, 1.165) is 21.2 Å². The molecule has 1 heterocycles. The molecule has 0 aliphatic heterocycles. The number of nitrogens with zero attached hydrogens (tertiary/aromatic N) is 2. The number of aromatic nitrogens is 2. The van der Waals surface area contributed by atoms with Gasteiger partial charge >= 0.3 is 0 Å². The summed E-state index contributed by atoms with van der Waals surface area (Å²) < 4.78 is 0.980. The van der Waals surface area contributed by atoms with Crippen LogP contribution >= 0.6 is 27.7 Å². The fraction of sp³-hybridized carbons (Fsp3) is 0.385. The zero-order valence-electron chi connectivity index (χ0n) is 10.9. The lowest BCUT2D eigenvalue weighted by atomic mass is 10.1. The first kappa shape index (κ1) is 14.6. The van der Waals surface area contributed by atoms with Crippen LogP contribution in [0.4, 0.5) is 5.82 Å². The summed E-state index contributed by atoms with van der Waals surface area (Å²) in [6.07, 6.45) is 3.51. The van der Waals surface area contributed by atoms with Gasteiger partial charge in [-0.05, 0) is 31.4 Å². The zero-order chi connectivity index (χ0) is 13.9. The zero-order valence-corrected chi connectivity index (χ0v) is 13.3. The first-order chi connectivity index (χ1) is 9.02. The second-order valence-electron chi connectivity index (χ2n) is 4.67. The van der Waals surface area contributed by atoms with Crippen LogP contribution in [0.2, 0.25) is 0 Å². The molecular formula is C13H16BrN3OS. The maximum absolute atomic E-state index is 10.2. The van der Waals surface area contributed by atoms with E-state index in [-0.39, 0.29) is 0 Å². The average Bonchev–Trinajstić information content (AvgIpc) is 2.36. The van der Waals surface area contributed by atoms with Crippen LogP contribution < -0.4 is 5.32 Å². The van der Waals surface area contributed by atoms with Gasteiger partial charge < -0.3 is 10.4 Å². The SMILES string of the molecule is CSCC(C)(O)CNc1ncnc2ccc(Br)cc12. The normalized spacial score (nSPS) is 14.3. The van der Waals surface area contributed by atoms with Crippen LogP contribution in [0.15, 0.2) is 29.0 Å².